The highest BCUT2D eigenvalue weighted by molar-refractivity contribution is 5.97. The van der Waals surface area contributed by atoms with Crippen molar-refractivity contribution in [1.29, 1.82) is 0 Å². The Bertz CT molecular complexity index is 935. The van der Waals surface area contributed by atoms with Gasteiger partial charge < -0.3 is 29.6 Å². The summed E-state index contributed by atoms with van der Waals surface area (Å²) in [4.78, 5) is 59.2. The van der Waals surface area contributed by atoms with Gasteiger partial charge in [-0.1, -0.05) is 37.3 Å². The summed E-state index contributed by atoms with van der Waals surface area (Å²) in [6.45, 7) is 5.94. The maximum absolute atomic E-state index is 12.3. The van der Waals surface area contributed by atoms with Crippen LogP contribution >= 0.6 is 0 Å². The summed E-state index contributed by atoms with van der Waals surface area (Å²) in [5.41, 5.74) is 0.605. The number of rotatable bonds is 14. The molecule has 0 spiro atoms. The Balaban J connectivity index is 1.87. The number of hydrogen-bond acceptors (Lipinski definition) is 10. The summed E-state index contributed by atoms with van der Waals surface area (Å²) < 4.78 is 22.2. The number of hydrogen-bond donors (Lipinski definition) is 2. The third kappa shape index (κ3) is 10.4. The highest BCUT2D eigenvalue weighted by atomic mass is 16.7. The number of esters is 2. The normalized spacial score (nSPS) is 23.1. The fourth-order valence-electron chi connectivity index (χ4n) is 3.98. The Hall–Kier alpha value is -3.15. The lowest BCUT2D eigenvalue weighted by Crippen LogP contribution is -2.62. The number of Topliss-reactive ketones (excluding diaryl/α,β-unsaturated/α-hetero) is 2. The van der Waals surface area contributed by atoms with Crippen molar-refractivity contribution >= 4 is 29.4 Å². The molecule has 1 heterocycles. The van der Waals surface area contributed by atoms with Crippen LogP contribution in [0, 0.1) is 5.92 Å². The second kappa shape index (κ2) is 15.2. The van der Waals surface area contributed by atoms with E-state index in [0.717, 1.165) is 0 Å². The fraction of sp³-hybridized carbons (Fsp3) is 0.577. The van der Waals surface area contributed by atoms with E-state index in [1.54, 1.807) is 31.2 Å². The van der Waals surface area contributed by atoms with E-state index in [9.17, 15) is 24.0 Å². The van der Waals surface area contributed by atoms with E-state index in [-0.39, 0.29) is 50.1 Å². The molecule has 0 bridgehead atoms. The molecular formula is C26H36N2O9. The molecule has 37 heavy (non-hydrogen) atoms. The molecule has 1 amide bonds. The molecule has 0 aliphatic carbocycles. The summed E-state index contributed by atoms with van der Waals surface area (Å²) in [6, 6.07) is 8.22. The first-order valence-electron chi connectivity index (χ1n) is 12.2. The molecule has 0 aromatic heterocycles. The zero-order chi connectivity index (χ0) is 27.4. The predicted octanol–water partition coefficient (Wildman–Crippen LogP) is 1.19. The van der Waals surface area contributed by atoms with Crippen LogP contribution in [0.15, 0.2) is 30.3 Å². The minimum Gasteiger partial charge on any atom is -0.463 e. The zero-order valence-electron chi connectivity index (χ0n) is 21.7. The van der Waals surface area contributed by atoms with Gasteiger partial charge in [0.2, 0.25) is 5.91 Å². The van der Waals surface area contributed by atoms with Gasteiger partial charge in [-0.2, -0.15) is 0 Å². The van der Waals surface area contributed by atoms with E-state index in [1.165, 1.54) is 20.8 Å². The van der Waals surface area contributed by atoms with Gasteiger partial charge in [-0.05, 0) is 0 Å². The van der Waals surface area contributed by atoms with E-state index in [0.29, 0.717) is 12.1 Å². The van der Waals surface area contributed by atoms with Crippen molar-refractivity contribution in [1.82, 2.24) is 10.6 Å². The molecule has 1 aromatic carbocycles. The predicted molar refractivity (Wildman–Crippen MR) is 131 cm³/mol. The highest BCUT2D eigenvalue weighted by Gasteiger charge is 2.47. The molecule has 204 valence electrons. The third-order valence-electron chi connectivity index (χ3n) is 5.80. The lowest BCUT2D eigenvalue weighted by atomic mass is 9.88. The summed E-state index contributed by atoms with van der Waals surface area (Å²) in [6.07, 6.45) is -2.26. The molecular weight excluding hydrogens is 484 g/mol. The Morgan fingerprint density at radius 2 is 1.68 bits per heavy atom. The quantitative estimate of drug-likeness (QED) is 0.208. The van der Waals surface area contributed by atoms with Gasteiger partial charge in [0.05, 0.1) is 19.2 Å². The summed E-state index contributed by atoms with van der Waals surface area (Å²) in [5.74, 6) is -1.97. The van der Waals surface area contributed by atoms with Gasteiger partial charge in [0.15, 0.2) is 12.1 Å². The number of nitrogens with one attached hydrogen (secondary N) is 2. The highest BCUT2D eigenvalue weighted by Crippen LogP contribution is 2.30. The van der Waals surface area contributed by atoms with Crippen LogP contribution in [0.1, 0.15) is 50.9 Å². The number of carbonyl (C=O) groups is 5. The topological polar surface area (TPSA) is 146 Å². The SMILES string of the molecule is CC(=O)NC1[C@H](OCCC(=O)CCNCC(=O)c2ccccc2)OC(COC(C)=O)[C@H](OC(C)=O)[C@@H]1C. The Morgan fingerprint density at radius 1 is 0.973 bits per heavy atom. The van der Waals surface area contributed by atoms with Crippen LogP contribution in [0.25, 0.3) is 0 Å². The Kier molecular flexibility index (Phi) is 12.3. The van der Waals surface area contributed by atoms with E-state index >= 15 is 0 Å². The van der Waals surface area contributed by atoms with Crippen molar-refractivity contribution in [2.45, 2.75) is 65.1 Å². The van der Waals surface area contributed by atoms with Gasteiger partial charge in [-0.3, -0.25) is 24.0 Å². The van der Waals surface area contributed by atoms with Gasteiger partial charge in [0.25, 0.3) is 0 Å². The first-order valence-corrected chi connectivity index (χ1v) is 12.2. The summed E-state index contributed by atoms with van der Waals surface area (Å²) in [5, 5.41) is 5.73. The van der Waals surface area contributed by atoms with Crippen molar-refractivity contribution in [3.8, 4) is 0 Å². The smallest absolute Gasteiger partial charge is 0.303 e. The molecule has 1 saturated heterocycles. The first kappa shape index (κ1) is 30.1. The second-order valence-corrected chi connectivity index (χ2v) is 8.88. The molecule has 1 fully saturated rings. The van der Waals surface area contributed by atoms with Crippen molar-refractivity contribution in [2.75, 3.05) is 26.3 Å². The fourth-order valence-corrected chi connectivity index (χ4v) is 3.98. The molecule has 0 radical (unpaired) electrons. The zero-order valence-corrected chi connectivity index (χ0v) is 21.7. The molecule has 5 atom stereocenters. The molecule has 11 heteroatoms. The second-order valence-electron chi connectivity index (χ2n) is 8.88. The maximum Gasteiger partial charge on any atom is 0.303 e. The van der Waals surface area contributed by atoms with Crippen LogP contribution in [0.5, 0.6) is 0 Å². The largest absolute Gasteiger partial charge is 0.463 e. The van der Waals surface area contributed by atoms with Crippen molar-refractivity contribution in [3.05, 3.63) is 35.9 Å². The Labute approximate surface area is 216 Å². The van der Waals surface area contributed by atoms with Gasteiger partial charge in [0.1, 0.15) is 24.6 Å². The number of ether oxygens (including phenoxy) is 4. The van der Waals surface area contributed by atoms with Gasteiger partial charge >= 0.3 is 11.9 Å². The summed E-state index contributed by atoms with van der Waals surface area (Å²) in [7, 11) is 0. The Morgan fingerprint density at radius 3 is 2.30 bits per heavy atom. The number of amides is 1. The molecule has 1 aliphatic rings. The van der Waals surface area contributed by atoms with Crippen LogP contribution in [-0.4, -0.2) is 80.3 Å². The van der Waals surface area contributed by atoms with E-state index in [1.807, 2.05) is 6.07 Å². The lowest BCUT2D eigenvalue weighted by Gasteiger charge is -2.44. The molecule has 2 N–H and O–H groups in total. The van der Waals surface area contributed by atoms with Crippen molar-refractivity contribution in [2.24, 2.45) is 5.92 Å². The number of carbonyl (C=O) groups excluding carboxylic acids is 5. The van der Waals surface area contributed by atoms with Gasteiger partial charge in [-0.25, -0.2) is 0 Å². The van der Waals surface area contributed by atoms with Crippen LogP contribution < -0.4 is 10.6 Å². The third-order valence-corrected chi connectivity index (χ3v) is 5.80. The average Bonchev–Trinajstić information content (AvgIpc) is 2.84. The van der Waals surface area contributed by atoms with E-state index < -0.39 is 42.4 Å². The van der Waals surface area contributed by atoms with Crippen LogP contribution in [0.4, 0.5) is 0 Å². The van der Waals surface area contributed by atoms with Crippen LogP contribution in [-0.2, 0) is 38.1 Å². The molecule has 2 rings (SSSR count). The lowest BCUT2D eigenvalue weighted by molar-refractivity contribution is -0.262. The first-order chi connectivity index (χ1) is 17.6. The maximum atomic E-state index is 12.3. The molecule has 0 saturated carbocycles. The van der Waals surface area contributed by atoms with E-state index in [4.69, 9.17) is 18.9 Å². The minimum atomic E-state index is -0.958. The molecule has 11 nitrogen and oxygen atoms in total. The van der Waals surface area contributed by atoms with Crippen molar-refractivity contribution < 1.29 is 42.9 Å². The standard InChI is InChI=1S/C26H36N2O9/c1-16-24(28-17(2)29)26(37-23(15-35-18(3)30)25(16)36-19(4)31)34-13-11-21(32)10-12-27-14-22(33)20-8-6-5-7-9-20/h5-9,16,23-27H,10-15H2,1-4H3,(H,28,29)/t16-,23?,24?,25-,26-/m1/s1. The minimum absolute atomic E-state index is 0.0216. The van der Waals surface area contributed by atoms with Gasteiger partial charge in [-0.15, -0.1) is 0 Å². The summed E-state index contributed by atoms with van der Waals surface area (Å²) >= 11 is 0. The van der Waals surface area contributed by atoms with Crippen LogP contribution in [0.3, 0.4) is 0 Å². The average molecular weight is 521 g/mol. The molecule has 1 aliphatic heterocycles. The monoisotopic (exact) mass is 520 g/mol. The number of benzene rings is 1. The van der Waals surface area contributed by atoms with Gasteiger partial charge in [0, 0.05) is 51.6 Å². The molecule has 1 aromatic rings. The molecule has 2 unspecified atom stereocenters. The van der Waals surface area contributed by atoms with Crippen LogP contribution in [0.2, 0.25) is 0 Å². The number of ketones is 2. The van der Waals surface area contributed by atoms with E-state index in [2.05, 4.69) is 10.6 Å². The van der Waals surface area contributed by atoms with Crippen molar-refractivity contribution in [3.63, 3.8) is 0 Å².